The molecule has 0 bridgehead atoms. The van der Waals surface area contributed by atoms with Crippen LogP contribution in [-0.4, -0.2) is 49.4 Å². The lowest BCUT2D eigenvalue weighted by Crippen LogP contribution is -2.51. The van der Waals surface area contributed by atoms with Crippen molar-refractivity contribution in [1.82, 2.24) is 9.21 Å². The van der Waals surface area contributed by atoms with Gasteiger partial charge in [-0.25, -0.2) is 8.42 Å². The Labute approximate surface area is 119 Å². The number of piperidine rings is 1. The second kappa shape index (κ2) is 5.97. The highest BCUT2D eigenvalue weighted by molar-refractivity contribution is 7.88. The smallest absolute Gasteiger partial charge is 0.241 e. The van der Waals surface area contributed by atoms with Crippen LogP contribution in [0.15, 0.2) is 22.8 Å². The standard InChI is InChI=1S/C13H20N2O4S/c1-14(10-11-6-5-9-19-11)13(16)12-7-3-4-8-15(12)20(2,17)18/h5-6,9,12H,3-4,7-8,10H2,1-2H3/t12-/m1/s1. The molecule has 2 heterocycles. The van der Waals surface area contributed by atoms with Crippen molar-refractivity contribution in [3.05, 3.63) is 24.2 Å². The normalized spacial score (nSPS) is 20.8. The summed E-state index contributed by atoms with van der Waals surface area (Å²) < 4.78 is 30.1. The minimum Gasteiger partial charge on any atom is -0.467 e. The first-order chi connectivity index (χ1) is 9.39. The van der Waals surface area contributed by atoms with E-state index in [-0.39, 0.29) is 5.91 Å². The summed E-state index contributed by atoms with van der Waals surface area (Å²) in [5.41, 5.74) is 0. The lowest BCUT2D eigenvalue weighted by molar-refractivity contribution is -0.135. The molecule has 1 atom stereocenters. The average Bonchev–Trinajstić information content (AvgIpc) is 2.89. The molecule has 20 heavy (non-hydrogen) atoms. The van der Waals surface area contributed by atoms with Crippen molar-refractivity contribution < 1.29 is 17.6 Å². The van der Waals surface area contributed by atoms with Crippen LogP contribution >= 0.6 is 0 Å². The highest BCUT2D eigenvalue weighted by Gasteiger charge is 2.35. The molecule has 2 rings (SSSR count). The van der Waals surface area contributed by atoms with Gasteiger partial charge in [0.05, 0.1) is 19.1 Å². The molecule has 0 spiro atoms. The van der Waals surface area contributed by atoms with Crippen molar-refractivity contribution in [2.45, 2.75) is 31.8 Å². The van der Waals surface area contributed by atoms with Crippen molar-refractivity contribution in [3.8, 4) is 0 Å². The first-order valence-corrected chi connectivity index (χ1v) is 8.48. The van der Waals surface area contributed by atoms with Crippen LogP contribution in [0, 0.1) is 0 Å². The number of sulfonamides is 1. The van der Waals surface area contributed by atoms with Gasteiger partial charge in [0.25, 0.3) is 0 Å². The van der Waals surface area contributed by atoms with Crippen LogP contribution in [0.4, 0.5) is 0 Å². The topological polar surface area (TPSA) is 70.8 Å². The second-order valence-corrected chi connectivity index (χ2v) is 7.09. The third kappa shape index (κ3) is 3.40. The second-order valence-electron chi connectivity index (χ2n) is 5.16. The van der Waals surface area contributed by atoms with E-state index in [1.54, 1.807) is 25.4 Å². The quantitative estimate of drug-likeness (QED) is 0.833. The number of rotatable bonds is 4. The summed E-state index contributed by atoms with van der Waals surface area (Å²) in [5.74, 6) is 0.508. The van der Waals surface area contributed by atoms with E-state index in [9.17, 15) is 13.2 Å². The van der Waals surface area contributed by atoms with Gasteiger partial charge in [-0.1, -0.05) is 6.42 Å². The zero-order valence-electron chi connectivity index (χ0n) is 11.8. The Bertz CT molecular complexity index is 553. The Morgan fingerprint density at radius 3 is 2.85 bits per heavy atom. The molecule has 1 fully saturated rings. The first kappa shape index (κ1) is 15.1. The zero-order valence-corrected chi connectivity index (χ0v) is 12.6. The van der Waals surface area contributed by atoms with Crippen LogP contribution in [0.3, 0.4) is 0 Å². The summed E-state index contributed by atoms with van der Waals surface area (Å²) in [4.78, 5) is 14.0. The third-order valence-corrected chi connectivity index (χ3v) is 4.80. The predicted molar refractivity (Wildman–Crippen MR) is 74.4 cm³/mol. The van der Waals surface area contributed by atoms with Crippen LogP contribution in [0.1, 0.15) is 25.0 Å². The summed E-state index contributed by atoms with van der Waals surface area (Å²) in [6, 6.07) is 2.97. The number of likely N-dealkylation sites (N-methyl/N-ethyl adjacent to an activating group) is 1. The van der Waals surface area contributed by atoms with Gasteiger partial charge in [0.15, 0.2) is 0 Å². The summed E-state index contributed by atoms with van der Waals surface area (Å²) in [5, 5.41) is 0. The largest absolute Gasteiger partial charge is 0.467 e. The third-order valence-electron chi connectivity index (χ3n) is 3.51. The molecule has 0 aliphatic carbocycles. The highest BCUT2D eigenvalue weighted by atomic mass is 32.2. The maximum atomic E-state index is 12.5. The molecule has 1 amide bonds. The summed E-state index contributed by atoms with van der Waals surface area (Å²) >= 11 is 0. The van der Waals surface area contributed by atoms with Crippen molar-refractivity contribution in [2.75, 3.05) is 19.8 Å². The van der Waals surface area contributed by atoms with Gasteiger partial charge in [-0.05, 0) is 25.0 Å². The van der Waals surface area contributed by atoms with Crippen molar-refractivity contribution in [3.63, 3.8) is 0 Å². The van der Waals surface area contributed by atoms with Gasteiger partial charge < -0.3 is 9.32 Å². The number of nitrogens with zero attached hydrogens (tertiary/aromatic N) is 2. The van der Waals surface area contributed by atoms with E-state index in [2.05, 4.69) is 0 Å². The van der Waals surface area contributed by atoms with Crippen LogP contribution < -0.4 is 0 Å². The minimum atomic E-state index is -3.35. The Morgan fingerprint density at radius 2 is 2.25 bits per heavy atom. The number of carbonyl (C=O) groups excluding carboxylic acids is 1. The zero-order chi connectivity index (χ0) is 14.8. The molecule has 0 aromatic carbocycles. The number of hydrogen-bond donors (Lipinski definition) is 0. The summed E-state index contributed by atoms with van der Waals surface area (Å²) in [6.07, 6.45) is 4.96. The van der Waals surface area contributed by atoms with E-state index in [0.717, 1.165) is 19.1 Å². The van der Waals surface area contributed by atoms with Gasteiger partial charge in [0.2, 0.25) is 15.9 Å². The molecule has 7 heteroatoms. The molecule has 1 aromatic rings. The SMILES string of the molecule is CN(Cc1ccco1)C(=O)[C@H]1CCCCN1S(C)(=O)=O. The molecular weight excluding hydrogens is 280 g/mol. The Morgan fingerprint density at radius 1 is 1.50 bits per heavy atom. The van der Waals surface area contributed by atoms with Gasteiger partial charge in [-0.2, -0.15) is 4.31 Å². The Kier molecular flexibility index (Phi) is 4.49. The van der Waals surface area contributed by atoms with Gasteiger partial charge >= 0.3 is 0 Å². The predicted octanol–water partition coefficient (Wildman–Crippen LogP) is 1.05. The van der Waals surface area contributed by atoms with Crippen molar-refractivity contribution in [2.24, 2.45) is 0 Å². The van der Waals surface area contributed by atoms with E-state index >= 15 is 0 Å². The van der Waals surface area contributed by atoms with Gasteiger partial charge in [0.1, 0.15) is 11.8 Å². The average molecular weight is 300 g/mol. The number of hydrogen-bond acceptors (Lipinski definition) is 4. The highest BCUT2D eigenvalue weighted by Crippen LogP contribution is 2.22. The van der Waals surface area contributed by atoms with E-state index in [0.29, 0.717) is 25.3 Å². The molecule has 0 saturated carbocycles. The van der Waals surface area contributed by atoms with Crippen LogP contribution in [0.2, 0.25) is 0 Å². The van der Waals surface area contributed by atoms with Crippen molar-refractivity contribution in [1.29, 1.82) is 0 Å². The van der Waals surface area contributed by atoms with Crippen LogP contribution in [0.25, 0.3) is 0 Å². The van der Waals surface area contributed by atoms with Gasteiger partial charge in [-0.3, -0.25) is 4.79 Å². The lowest BCUT2D eigenvalue weighted by atomic mass is 10.0. The number of amides is 1. The van der Waals surface area contributed by atoms with Gasteiger partial charge in [-0.15, -0.1) is 0 Å². The fraction of sp³-hybridized carbons (Fsp3) is 0.615. The van der Waals surface area contributed by atoms with Gasteiger partial charge in [0, 0.05) is 13.6 Å². The maximum absolute atomic E-state index is 12.5. The number of carbonyl (C=O) groups is 1. The van der Waals surface area contributed by atoms with Crippen LogP contribution in [0.5, 0.6) is 0 Å². The molecule has 0 unspecified atom stereocenters. The van der Waals surface area contributed by atoms with Crippen LogP contribution in [-0.2, 0) is 21.4 Å². The van der Waals surface area contributed by atoms with E-state index in [1.165, 1.54) is 9.21 Å². The first-order valence-electron chi connectivity index (χ1n) is 6.64. The monoisotopic (exact) mass is 300 g/mol. The molecule has 0 N–H and O–H groups in total. The van der Waals surface area contributed by atoms with E-state index in [4.69, 9.17) is 4.42 Å². The fourth-order valence-electron chi connectivity index (χ4n) is 2.52. The maximum Gasteiger partial charge on any atom is 0.241 e. The van der Waals surface area contributed by atoms with E-state index < -0.39 is 16.1 Å². The lowest BCUT2D eigenvalue weighted by Gasteiger charge is -2.34. The van der Waals surface area contributed by atoms with Crippen molar-refractivity contribution >= 4 is 15.9 Å². The Hall–Kier alpha value is -1.34. The Balaban J connectivity index is 2.09. The fourth-order valence-corrected chi connectivity index (χ4v) is 3.64. The molecule has 1 aromatic heterocycles. The minimum absolute atomic E-state index is 0.175. The molecule has 1 aliphatic rings. The molecular formula is C13H20N2O4S. The van der Waals surface area contributed by atoms with E-state index in [1.807, 2.05) is 0 Å². The summed E-state index contributed by atoms with van der Waals surface area (Å²) in [7, 11) is -1.69. The molecule has 6 nitrogen and oxygen atoms in total. The number of furan rings is 1. The molecule has 0 radical (unpaired) electrons. The summed E-state index contributed by atoms with van der Waals surface area (Å²) in [6.45, 7) is 0.768. The molecule has 112 valence electrons. The molecule has 1 aliphatic heterocycles. The molecule has 1 saturated heterocycles.